The van der Waals surface area contributed by atoms with Gasteiger partial charge in [-0.2, -0.15) is 0 Å². The van der Waals surface area contributed by atoms with Crippen molar-refractivity contribution in [2.24, 2.45) is 11.7 Å². The highest BCUT2D eigenvalue weighted by Gasteiger charge is 2.26. The zero-order valence-corrected chi connectivity index (χ0v) is 17.9. The van der Waals surface area contributed by atoms with Crippen LogP contribution in [-0.2, 0) is 24.0 Å². The van der Waals surface area contributed by atoms with Crippen molar-refractivity contribution >= 4 is 29.5 Å². The summed E-state index contributed by atoms with van der Waals surface area (Å²) >= 11 is 0. The first-order valence-corrected chi connectivity index (χ1v) is 10.2. The van der Waals surface area contributed by atoms with E-state index in [-0.39, 0.29) is 49.5 Å². The second-order valence-electron chi connectivity index (χ2n) is 7.80. The summed E-state index contributed by atoms with van der Waals surface area (Å²) in [6.45, 7) is 4.29. The number of nitrogens with one attached hydrogen (secondary N) is 5. The molecule has 30 heavy (non-hydrogen) atoms. The van der Waals surface area contributed by atoms with Crippen molar-refractivity contribution in [3.63, 3.8) is 0 Å². The van der Waals surface area contributed by atoms with Gasteiger partial charge in [0.25, 0.3) is 0 Å². The average molecular weight is 427 g/mol. The lowest BCUT2D eigenvalue weighted by Gasteiger charge is -2.29. The molecule has 1 saturated carbocycles. The number of carbonyl (C=O) groups is 5. The molecule has 7 N–H and O–H groups in total. The Morgan fingerprint density at radius 2 is 1.37 bits per heavy atom. The van der Waals surface area contributed by atoms with E-state index in [1.807, 2.05) is 0 Å². The van der Waals surface area contributed by atoms with Gasteiger partial charge in [0.15, 0.2) is 0 Å². The Morgan fingerprint density at radius 3 is 1.87 bits per heavy atom. The number of nitrogens with two attached hydrogens (primary N) is 1. The molecule has 0 aromatic rings. The molecule has 170 valence electrons. The molecule has 1 rings (SSSR count). The highest BCUT2D eigenvalue weighted by Crippen LogP contribution is 2.18. The molecule has 1 aliphatic rings. The Hall–Kier alpha value is -2.69. The molecule has 11 heteroatoms. The van der Waals surface area contributed by atoms with Gasteiger partial charge in [-0.1, -0.05) is 13.8 Å². The molecule has 0 radical (unpaired) electrons. The largest absolute Gasteiger partial charge is 0.354 e. The highest BCUT2D eigenvalue weighted by molar-refractivity contribution is 5.92. The van der Waals surface area contributed by atoms with E-state index in [0.717, 1.165) is 25.7 Å². The zero-order chi connectivity index (χ0) is 22.7. The third-order valence-corrected chi connectivity index (χ3v) is 4.82. The summed E-state index contributed by atoms with van der Waals surface area (Å²) in [6.07, 6.45) is 3.09. The fourth-order valence-corrected chi connectivity index (χ4v) is 3.24. The molecule has 1 aliphatic carbocycles. The van der Waals surface area contributed by atoms with Crippen LogP contribution >= 0.6 is 0 Å². The molecule has 11 nitrogen and oxygen atoms in total. The zero-order valence-electron chi connectivity index (χ0n) is 17.9. The van der Waals surface area contributed by atoms with Crippen molar-refractivity contribution in [2.75, 3.05) is 19.6 Å². The van der Waals surface area contributed by atoms with Crippen LogP contribution in [0.5, 0.6) is 0 Å². The Bertz CT molecular complexity index is 631. The second kappa shape index (κ2) is 12.8. The Kier molecular flexibility index (Phi) is 10.8. The van der Waals surface area contributed by atoms with Crippen LogP contribution in [0.15, 0.2) is 0 Å². The van der Waals surface area contributed by atoms with Gasteiger partial charge in [-0.05, 0) is 31.6 Å². The number of amides is 5. The molecule has 0 bridgehead atoms. The van der Waals surface area contributed by atoms with Crippen LogP contribution in [-0.4, -0.2) is 67.3 Å². The van der Waals surface area contributed by atoms with Gasteiger partial charge in [0.1, 0.15) is 6.04 Å². The number of rotatable bonds is 10. The van der Waals surface area contributed by atoms with Gasteiger partial charge in [-0.25, -0.2) is 0 Å². The molecular weight excluding hydrogens is 392 g/mol. The fraction of sp³-hybridized carbons (Fsp3) is 0.737. The average Bonchev–Trinajstić information content (AvgIpc) is 2.69. The highest BCUT2D eigenvalue weighted by atomic mass is 16.2. The molecule has 1 atom stereocenters. The van der Waals surface area contributed by atoms with Gasteiger partial charge in [0.2, 0.25) is 29.5 Å². The van der Waals surface area contributed by atoms with Crippen molar-refractivity contribution < 1.29 is 24.0 Å². The minimum atomic E-state index is -0.840. The molecule has 5 amide bonds. The van der Waals surface area contributed by atoms with E-state index in [2.05, 4.69) is 26.6 Å². The lowest BCUT2D eigenvalue weighted by molar-refractivity contribution is -0.131. The molecule has 0 aromatic carbocycles. The third kappa shape index (κ3) is 9.68. The molecule has 0 heterocycles. The van der Waals surface area contributed by atoms with Crippen LogP contribution in [0.2, 0.25) is 0 Å². The van der Waals surface area contributed by atoms with Crippen molar-refractivity contribution in [1.29, 1.82) is 0 Å². The molecule has 1 fully saturated rings. The van der Waals surface area contributed by atoms with Crippen molar-refractivity contribution in [3.05, 3.63) is 0 Å². The van der Waals surface area contributed by atoms with Gasteiger partial charge < -0.3 is 32.3 Å². The first-order valence-electron chi connectivity index (χ1n) is 10.2. The molecule has 0 saturated heterocycles. The number of hydrogen-bond donors (Lipinski definition) is 6. The van der Waals surface area contributed by atoms with E-state index in [1.165, 1.54) is 6.92 Å². The monoisotopic (exact) mass is 426 g/mol. The smallest absolute Gasteiger partial charge is 0.243 e. The normalized spacial score (nSPS) is 19.4. The topological polar surface area (TPSA) is 172 Å². The SMILES string of the molecule is CC(=O)NC1CCC(NC(=O)CNC(=O)[C@@H](NC(=O)CNC(=O)CN)C(C)C)CC1. The maximum absolute atomic E-state index is 12.4. The summed E-state index contributed by atoms with van der Waals surface area (Å²) in [5.41, 5.74) is 5.15. The van der Waals surface area contributed by atoms with E-state index in [1.54, 1.807) is 13.8 Å². The van der Waals surface area contributed by atoms with E-state index in [9.17, 15) is 24.0 Å². The lowest BCUT2D eigenvalue weighted by Crippen LogP contribution is -2.54. The number of hydrogen-bond acceptors (Lipinski definition) is 6. The van der Waals surface area contributed by atoms with Crippen molar-refractivity contribution in [2.45, 2.75) is 64.6 Å². The summed E-state index contributed by atoms with van der Waals surface area (Å²) in [6, 6.07) is -0.695. The third-order valence-electron chi connectivity index (χ3n) is 4.82. The van der Waals surface area contributed by atoms with Gasteiger partial charge in [-0.3, -0.25) is 24.0 Å². The summed E-state index contributed by atoms with van der Waals surface area (Å²) in [7, 11) is 0. The summed E-state index contributed by atoms with van der Waals surface area (Å²) in [5.74, 6) is -2.06. The van der Waals surface area contributed by atoms with Crippen LogP contribution in [0, 0.1) is 5.92 Å². The number of carbonyl (C=O) groups excluding carboxylic acids is 5. The summed E-state index contributed by atoms with van der Waals surface area (Å²) < 4.78 is 0. The van der Waals surface area contributed by atoms with Gasteiger partial charge >= 0.3 is 0 Å². The first-order chi connectivity index (χ1) is 14.1. The first kappa shape index (κ1) is 25.3. The second-order valence-corrected chi connectivity index (χ2v) is 7.80. The van der Waals surface area contributed by atoms with Crippen LogP contribution < -0.4 is 32.3 Å². The molecule has 0 aromatic heterocycles. The standard InChI is InChI=1S/C19H34N6O5/c1-11(2)18(25-17(29)9-21-15(27)8-20)19(30)22-10-16(28)24-14-6-4-13(5-7-14)23-12(3)26/h11,13-14,18H,4-10,20H2,1-3H3,(H,21,27)(H,22,30)(H,23,26)(H,24,28)(H,25,29)/t13?,14?,18-/m0/s1. The van der Waals surface area contributed by atoms with E-state index in [0.29, 0.717) is 0 Å². The van der Waals surface area contributed by atoms with Crippen LogP contribution in [0.4, 0.5) is 0 Å². The molecular formula is C19H34N6O5. The van der Waals surface area contributed by atoms with E-state index >= 15 is 0 Å². The molecule has 0 unspecified atom stereocenters. The quantitative estimate of drug-likeness (QED) is 0.233. The summed E-state index contributed by atoms with van der Waals surface area (Å²) in [5, 5.41) is 13.2. The van der Waals surface area contributed by atoms with Crippen LogP contribution in [0.25, 0.3) is 0 Å². The van der Waals surface area contributed by atoms with E-state index < -0.39 is 23.8 Å². The predicted octanol–water partition coefficient (Wildman–Crippen LogP) is -2.12. The van der Waals surface area contributed by atoms with Crippen LogP contribution in [0.3, 0.4) is 0 Å². The van der Waals surface area contributed by atoms with Gasteiger partial charge in [0.05, 0.1) is 19.6 Å². The lowest BCUT2D eigenvalue weighted by atomic mass is 9.91. The predicted molar refractivity (Wildman–Crippen MR) is 110 cm³/mol. The van der Waals surface area contributed by atoms with Crippen molar-refractivity contribution in [3.8, 4) is 0 Å². The van der Waals surface area contributed by atoms with Crippen LogP contribution in [0.1, 0.15) is 46.5 Å². The van der Waals surface area contributed by atoms with E-state index in [4.69, 9.17) is 5.73 Å². The molecule has 0 spiro atoms. The van der Waals surface area contributed by atoms with Gasteiger partial charge in [0, 0.05) is 19.0 Å². The Morgan fingerprint density at radius 1 is 0.833 bits per heavy atom. The maximum Gasteiger partial charge on any atom is 0.243 e. The fourth-order valence-electron chi connectivity index (χ4n) is 3.24. The summed E-state index contributed by atoms with van der Waals surface area (Å²) in [4.78, 5) is 58.7. The Labute approximate surface area is 176 Å². The minimum absolute atomic E-state index is 0.00571. The van der Waals surface area contributed by atoms with Crippen molar-refractivity contribution in [1.82, 2.24) is 26.6 Å². The Balaban J connectivity index is 2.39. The minimum Gasteiger partial charge on any atom is -0.354 e. The van der Waals surface area contributed by atoms with Gasteiger partial charge in [-0.15, -0.1) is 0 Å². The maximum atomic E-state index is 12.4. The molecule has 0 aliphatic heterocycles.